The van der Waals surface area contributed by atoms with Crippen molar-refractivity contribution in [3.63, 3.8) is 0 Å². The molecule has 4 nitrogen and oxygen atoms in total. The number of thiophene rings is 1. The van der Waals surface area contributed by atoms with Gasteiger partial charge in [0.25, 0.3) is 5.91 Å². The molecule has 0 fully saturated rings. The summed E-state index contributed by atoms with van der Waals surface area (Å²) in [4.78, 5) is 28.0. The maximum atomic E-state index is 12.5. The van der Waals surface area contributed by atoms with E-state index in [1.54, 1.807) is 7.05 Å². The van der Waals surface area contributed by atoms with Crippen LogP contribution < -0.4 is 5.32 Å². The number of benzene rings is 1. The third kappa shape index (κ3) is 4.45. The van der Waals surface area contributed by atoms with Crippen molar-refractivity contribution in [3.05, 3.63) is 49.6 Å². The highest BCUT2D eigenvalue weighted by atomic mass is 79.9. The van der Waals surface area contributed by atoms with E-state index in [-0.39, 0.29) is 18.4 Å². The van der Waals surface area contributed by atoms with Crippen LogP contribution in [0.5, 0.6) is 0 Å². The number of nitrogens with one attached hydrogen (secondary N) is 1. The molecular weight excluding hydrogens is 388 g/mol. The molecule has 1 aromatic heterocycles. The second-order valence-corrected chi connectivity index (χ2v) is 7.79. The second kappa shape index (κ2) is 7.94. The maximum Gasteiger partial charge on any atom is 0.264 e. The fourth-order valence-electron chi connectivity index (χ4n) is 2.41. The van der Waals surface area contributed by atoms with E-state index in [1.165, 1.54) is 21.1 Å². The standard InChI is InChI=1S/C18H21BrN2O2S/c1-5-15-12(3)9-16(24-15)18(23)21(4)10-17(22)20-14-7-6-13(19)8-11(14)2/h6-9H,5,10H2,1-4H3,(H,20,22). The first-order valence-electron chi connectivity index (χ1n) is 7.72. The lowest BCUT2D eigenvalue weighted by Crippen LogP contribution is -2.34. The minimum absolute atomic E-state index is 0.0206. The number of hydrogen-bond acceptors (Lipinski definition) is 3. The molecule has 0 aliphatic carbocycles. The van der Waals surface area contributed by atoms with E-state index in [9.17, 15) is 9.59 Å². The molecule has 24 heavy (non-hydrogen) atoms. The molecular formula is C18H21BrN2O2S. The Kier molecular flexibility index (Phi) is 6.18. The number of amides is 2. The van der Waals surface area contributed by atoms with E-state index >= 15 is 0 Å². The van der Waals surface area contributed by atoms with Crippen molar-refractivity contribution in [2.45, 2.75) is 27.2 Å². The van der Waals surface area contributed by atoms with E-state index in [2.05, 4.69) is 28.2 Å². The predicted molar refractivity (Wildman–Crippen MR) is 103 cm³/mol. The molecule has 0 atom stereocenters. The Bertz CT molecular complexity index is 770. The van der Waals surface area contributed by atoms with Gasteiger partial charge in [-0.2, -0.15) is 0 Å². The van der Waals surface area contributed by atoms with Gasteiger partial charge in [0.2, 0.25) is 5.91 Å². The van der Waals surface area contributed by atoms with Crippen LogP contribution in [0.3, 0.4) is 0 Å². The third-order valence-corrected chi connectivity index (χ3v) is 5.61. The van der Waals surface area contributed by atoms with Crippen LogP contribution in [-0.2, 0) is 11.2 Å². The summed E-state index contributed by atoms with van der Waals surface area (Å²) >= 11 is 4.90. The molecule has 1 N–H and O–H groups in total. The van der Waals surface area contributed by atoms with E-state index in [4.69, 9.17) is 0 Å². The van der Waals surface area contributed by atoms with Gasteiger partial charge in [-0.05, 0) is 55.7 Å². The highest BCUT2D eigenvalue weighted by molar-refractivity contribution is 9.10. The molecule has 2 rings (SSSR count). The summed E-state index contributed by atoms with van der Waals surface area (Å²) in [5.74, 6) is -0.328. The lowest BCUT2D eigenvalue weighted by atomic mass is 10.2. The topological polar surface area (TPSA) is 49.4 Å². The van der Waals surface area contributed by atoms with Gasteiger partial charge < -0.3 is 10.2 Å². The van der Waals surface area contributed by atoms with Crippen LogP contribution >= 0.6 is 27.3 Å². The van der Waals surface area contributed by atoms with Crippen LogP contribution in [-0.4, -0.2) is 30.3 Å². The molecule has 128 valence electrons. The first-order chi connectivity index (χ1) is 11.3. The van der Waals surface area contributed by atoms with Crippen molar-refractivity contribution in [2.24, 2.45) is 0 Å². The van der Waals surface area contributed by atoms with Crippen LogP contribution in [0.1, 0.15) is 32.6 Å². The molecule has 6 heteroatoms. The summed E-state index contributed by atoms with van der Waals surface area (Å²) in [6, 6.07) is 7.55. The summed E-state index contributed by atoms with van der Waals surface area (Å²) in [6.07, 6.45) is 0.914. The maximum absolute atomic E-state index is 12.5. The number of anilines is 1. The average Bonchev–Trinajstić information content (AvgIpc) is 2.90. The number of carbonyl (C=O) groups is 2. The fraction of sp³-hybridized carbons (Fsp3) is 0.333. The molecule has 2 amide bonds. The number of nitrogens with zero attached hydrogens (tertiary/aromatic N) is 1. The number of halogens is 1. The quantitative estimate of drug-likeness (QED) is 0.796. The molecule has 0 saturated carbocycles. The Labute approximate surface area is 155 Å². The lowest BCUT2D eigenvalue weighted by Gasteiger charge is -2.16. The SMILES string of the molecule is CCc1sc(C(=O)N(C)CC(=O)Nc2ccc(Br)cc2C)cc1C. The van der Waals surface area contributed by atoms with Crippen LogP contribution in [0.25, 0.3) is 0 Å². The largest absolute Gasteiger partial charge is 0.332 e. The second-order valence-electron chi connectivity index (χ2n) is 5.74. The van der Waals surface area contributed by atoms with E-state index in [1.807, 2.05) is 38.1 Å². The number of carbonyl (C=O) groups excluding carboxylic acids is 2. The van der Waals surface area contributed by atoms with Crippen LogP contribution in [0.15, 0.2) is 28.7 Å². The molecule has 0 radical (unpaired) electrons. The molecule has 0 aliphatic rings. The zero-order chi connectivity index (χ0) is 17.9. The van der Waals surface area contributed by atoms with Crippen molar-refractivity contribution in [1.82, 2.24) is 4.90 Å². The van der Waals surface area contributed by atoms with Crippen molar-refractivity contribution < 1.29 is 9.59 Å². The van der Waals surface area contributed by atoms with Gasteiger partial charge in [-0.1, -0.05) is 22.9 Å². The Balaban J connectivity index is 2.01. The van der Waals surface area contributed by atoms with Gasteiger partial charge in [0.05, 0.1) is 11.4 Å². The minimum atomic E-state index is -0.208. The molecule has 2 aromatic rings. The molecule has 1 aromatic carbocycles. The molecule has 0 saturated heterocycles. The first kappa shape index (κ1) is 18.7. The Morgan fingerprint density at radius 2 is 1.92 bits per heavy atom. The zero-order valence-electron chi connectivity index (χ0n) is 14.3. The summed E-state index contributed by atoms with van der Waals surface area (Å²) in [6.45, 7) is 6.03. The van der Waals surface area contributed by atoms with E-state index in [0.717, 1.165) is 27.7 Å². The van der Waals surface area contributed by atoms with E-state index < -0.39 is 0 Å². The number of likely N-dealkylation sites (N-methyl/N-ethyl adjacent to an activating group) is 1. The molecule has 0 unspecified atom stereocenters. The summed E-state index contributed by atoms with van der Waals surface area (Å²) in [5, 5.41) is 2.85. The van der Waals surface area contributed by atoms with Gasteiger partial charge in [-0.15, -0.1) is 11.3 Å². The van der Waals surface area contributed by atoms with Crippen LogP contribution in [0, 0.1) is 13.8 Å². The number of aryl methyl sites for hydroxylation is 3. The number of rotatable bonds is 5. The molecule has 1 heterocycles. The van der Waals surface area contributed by atoms with Gasteiger partial charge in [0, 0.05) is 22.1 Å². The Morgan fingerprint density at radius 3 is 2.50 bits per heavy atom. The van der Waals surface area contributed by atoms with Crippen molar-refractivity contribution >= 4 is 44.8 Å². The lowest BCUT2D eigenvalue weighted by molar-refractivity contribution is -0.116. The van der Waals surface area contributed by atoms with Crippen molar-refractivity contribution in [1.29, 1.82) is 0 Å². The minimum Gasteiger partial charge on any atom is -0.332 e. The number of hydrogen-bond donors (Lipinski definition) is 1. The normalized spacial score (nSPS) is 10.5. The van der Waals surface area contributed by atoms with Crippen molar-refractivity contribution in [2.75, 3.05) is 18.9 Å². The van der Waals surface area contributed by atoms with Crippen LogP contribution in [0.4, 0.5) is 5.69 Å². The molecule has 0 spiro atoms. The third-order valence-electron chi connectivity index (χ3n) is 3.74. The average molecular weight is 409 g/mol. The Hall–Kier alpha value is -1.66. The summed E-state index contributed by atoms with van der Waals surface area (Å²) < 4.78 is 0.963. The van der Waals surface area contributed by atoms with Gasteiger partial charge in [0.15, 0.2) is 0 Å². The highest BCUT2D eigenvalue weighted by Crippen LogP contribution is 2.23. The van der Waals surface area contributed by atoms with Crippen LogP contribution in [0.2, 0.25) is 0 Å². The highest BCUT2D eigenvalue weighted by Gasteiger charge is 2.18. The van der Waals surface area contributed by atoms with E-state index in [0.29, 0.717) is 4.88 Å². The van der Waals surface area contributed by atoms with Gasteiger partial charge in [-0.3, -0.25) is 9.59 Å². The van der Waals surface area contributed by atoms with Gasteiger partial charge in [-0.25, -0.2) is 0 Å². The zero-order valence-corrected chi connectivity index (χ0v) is 16.7. The summed E-state index contributed by atoms with van der Waals surface area (Å²) in [5.41, 5.74) is 2.85. The van der Waals surface area contributed by atoms with Crippen molar-refractivity contribution in [3.8, 4) is 0 Å². The van der Waals surface area contributed by atoms with Gasteiger partial charge >= 0.3 is 0 Å². The monoisotopic (exact) mass is 408 g/mol. The molecule has 0 aliphatic heterocycles. The Morgan fingerprint density at radius 1 is 1.21 bits per heavy atom. The summed E-state index contributed by atoms with van der Waals surface area (Å²) in [7, 11) is 1.65. The predicted octanol–water partition coefficient (Wildman–Crippen LogP) is 4.40. The first-order valence-corrected chi connectivity index (χ1v) is 9.33. The smallest absolute Gasteiger partial charge is 0.264 e. The van der Waals surface area contributed by atoms with Gasteiger partial charge in [0.1, 0.15) is 0 Å². The molecule has 0 bridgehead atoms. The fourth-order valence-corrected chi connectivity index (χ4v) is 3.99.